The number of hydrogen-bond acceptors (Lipinski definition) is 4. The summed E-state index contributed by atoms with van der Waals surface area (Å²) in [6.07, 6.45) is 3.60. The standard InChI is InChI=1S/C23H22N4S/c1-16-10-11-17(2)20(13-16)15-28-23-26-25-22(19-8-6-12-24-14-19)27(23)21-9-5-4-7-18(21)3/h4-14H,15H2,1-3H3. The topological polar surface area (TPSA) is 43.6 Å². The van der Waals surface area contributed by atoms with Gasteiger partial charge in [-0.15, -0.1) is 10.2 Å². The monoisotopic (exact) mass is 386 g/mol. The molecule has 0 spiro atoms. The zero-order valence-corrected chi connectivity index (χ0v) is 17.1. The zero-order valence-electron chi connectivity index (χ0n) is 16.3. The molecule has 0 N–H and O–H groups in total. The van der Waals surface area contributed by atoms with E-state index in [1.807, 2.05) is 18.3 Å². The fourth-order valence-corrected chi connectivity index (χ4v) is 4.18. The van der Waals surface area contributed by atoms with Crippen LogP contribution in [0.2, 0.25) is 0 Å². The highest BCUT2D eigenvalue weighted by Crippen LogP contribution is 2.31. The van der Waals surface area contributed by atoms with Gasteiger partial charge in [0.15, 0.2) is 11.0 Å². The molecule has 0 saturated heterocycles. The second-order valence-electron chi connectivity index (χ2n) is 6.89. The summed E-state index contributed by atoms with van der Waals surface area (Å²) in [7, 11) is 0. The average molecular weight is 387 g/mol. The van der Waals surface area contributed by atoms with Crippen LogP contribution >= 0.6 is 11.8 Å². The molecule has 28 heavy (non-hydrogen) atoms. The molecule has 0 aliphatic rings. The lowest BCUT2D eigenvalue weighted by Gasteiger charge is -2.13. The molecule has 2 aromatic carbocycles. The van der Waals surface area contributed by atoms with Gasteiger partial charge in [0.25, 0.3) is 0 Å². The number of thioether (sulfide) groups is 1. The van der Waals surface area contributed by atoms with Gasteiger partial charge in [0.1, 0.15) is 0 Å². The van der Waals surface area contributed by atoms with Crippen molar-refractivity contribution < 1.29 is 0 Å². The number of nitrogens with zero attached hydrogens (tertiary/aromatic N) is 4. The van der Waals surface area contributed by atoms with Crippen molar-refractivity contribution in [1.82, 2.24) is 19.7 Å². The van der Waals surface area contributed by atoms with Crippen LogP contribution in [0.25, 0.3) is 17.1 Å². The molecule has 2 heterocycles. The lowest BCUT2D eigenvalue weighted by atomic mass is 10.1. The molecular weight excluding hydrogens is 364 g/mol. The quantitative estimate of drug-likeness (QED) is 0.422. The number of benzene rings is 2. The Kier molecular flexibility index (Phi) is 5.26. The lowest BCUT2D eigenvalue weighted by Crippen LogP contribution is -2.02. The van der Waals surface area contributed by atoms with Gasteiger partial charge in [0.2, 0.25) is 0 Å². The van der Waals surface area contributed by atoms with Crippen LogP contribution in [-0.2, 0) is 5.75 Å². The van der Waals surface area contributed by atoms with Gasteiger partial charge in [-0.25, -0.2) is 0 Å². The first kappa shape index (κ1) is 18.4. The van der Waals surface area contributed by atoms with E-state index in [4.69, 9.17) is 0 Å². The van der Waals surface area contributed by atoms with E-state index < -0.39 is 0 Å². The summed E-state index contributed by atoms with van der Waals surface area (Å²) >= 11 is 1.71. The van der Waals surface area contributed by atoms with Crippen molar-refractivity contribution >= 4 is 11.8 Å². The van der Waals surface area contributed by atoms with Crippen molar-refractivity contribution in [3.63, 3.8) is 0 Å². The fourth-order valence-electron chi connectivity index (χ4n) is 3.17. The third-order valence-electron chi connectivity index (χ3n) is 4.77. The Morgan fingerprint density at radius 2 is 1.75 bits per heavy atom. The largest absolute Gasteiger partial charge is 0.270 e. The molecule has 2 aromatic heterocycles. The Morgan fingerprint density at radius 3 is 2.54 bits per heavy atom. The van der Waals surface area contributed by atoms with E-state index in [1.165, 1.54) is 22.3 Å². The predicted molar refractivity (Wildman–Crippen MR) is 115 cm³/mol. The van der Waals surface area contributed by atoms with Gasteiger partial charge in [0, 0.05) is 23.7 Å². The highest BCUT2D eigenvalue weighted by molar-refractivity contribution is 7.98. The van der Waals surface area contributed by atoms with Crippen LogP contribution in [-0.4, -0.2) is 19.7 Å². The summed E-state index contributed by atoms with van der Waals surface area (Å²) < 4.78 is 2.14. The minimum absolute atomic E-state index is 0.811. The second kappa shape index (κ2) is 7.98. The zero-order chi connectivity index (χ0) is 19.5. The van der Waals surface area contributed by atoms with Gasteiger partial charge >= 0.3 is 0 Å². The van der Waals surface area contributed by atoms with Crippen LogP contribution in [0.1, 0.15) is 22.3 Å². The van der Waals surface area contributed by atoms with Gasteiger partial charge in [-0.3, -0.25) is 9.55 Å². The van der Waals surface area contributed by atoms with Crippen molar-refractivity contribution in [2.24, 2.45) is 0 Å². The maximum Gasteiger partial charge on any atom is 0.196 e. The average Bonchev–Trinajstić information content (AvgIpc) is 3.13. The van der Waals surface area contributed by atoms with Gasteiger partial charge in [-0.2, -0.15) is 0 Å². The van der Waals surface area contributed by atoms with E-state index in [1.54, 1.807) is 18.0 Å². The molecule has 0 atom stereocenters. The first-order chi connectivity index (χ1) is 13.6. The maximum absolute atomic E-state index is 4.53. The van der Waals surface area contributed by atoms with Crippen LogP contribution in [0, 0.1) is 20.8 Å². The summed E-state index contributed by atoms with van der Waals surface area (Å²) in [5, 5.41) is 9.92. The molecule has 0 amide bonds. The van der Waals surface area contributed by atoms with Crippen LogP contribution in [0.5, 0.6) is 0 Å². The third-order valence-corrected chi connectivity index (χ3v) is 5.75. The highest BCUT2D eigenvalue weighted by atomic mass is 32.2. The number of aryl methyl sites for hydroxylation is 3. The summed E-state index contributed by atoms with van der Waals surface area (Å²) in [4.78, 5) is 4.25. The molecule has 4 aromatic rings. The van der Waals surface area contributed by atoms with Crippen LogP contribution in [0.3, 0.4) is 0 Å². The summed E-state index contributed by atoms with van der Waals surface area (Å²) in [6, 6.07) is 18.9. The molecule has 4 rings (SSSR count). The highest BCUT2D eigenvalue weighted by Gasteiger charge is 2.17. The van der Waals surface area contributed by atoms with Gasteiger partial charge in [-0.05, 0) is 55.7 Å². The van der Waals surface area contributed by atoms with Crippen molar-refractivity contribution in [2.75, 3.05) is 0 Å². The van der Waals surface area contributed by atoms with Crippen molar-refractivity contribution in [1.29, 1.82) is 0 Å². The Balaban J connectivity index is 1.76. The number of rotatable bonds is 5. The fraction of sp³-hybridized carbons (Fsp3) is 0.174. The number of para-hydroxylation sites is 1. The SMILES string of the molecule is Cc1ccc(C)c(CSc2nnc(-c3cccnc3)n2-c2ccccc2C)c1. The van der Waals surface area contributed by atoms with Crippen molar-refractivity contribution in [3.8, 4) is 17.1 Å². The number of hydrogen-bond donors (Lipinski definition) is 0. The number of pyridine rings is 1. The van der Waals surface area contributed by atoms with Crippen LogP contribution in [0.15, 0.2) is 72.1 Å². The maximum atomic E-state index is 4.53. The summed E-state index contributed by atoms with van der Waals surface area (Å²) in [6.45, 7) is 6.40. The minimum Gasteiger partial charge on any atom is -0.270 e. The van der Waals surface area contributed by atoms with Crippen LogP contribution < -0.4 is 0 Å². The molecule has 0 fully saturated rings. The molecule has 0 unspecified atom stereocenters. The molecule has 0 radical (unpaired) electrons. The summed E-state index contributed by atoms with van der Waals surface area (Å²) in [5.74, 6) is 1.66. The first-order valence-corrected chi connectivity index (χ1v) is 10.2. The normalized spacial score (nSPS) is 11.0. The third kappa shape index (κ3) is 3.71. The predicted octanol–water partition coefficient (Wildman–Crippen LogP) is 5.55. The molecule has 0 saturated carbocycles. The smallest absolute Gasteiger partial charge is 0.196 e. The van der Waals surface area contributed by atoms with E-state index in [-0.39, 0.29) is 0 Å². The first-order valence-electron chi connectivity index (χ1n) is 9.24. The van der Waals surface area contributed by atoms with Crippen molar-refractivity contribution in [3.05, 3.63) is 89.2 Å². The Hall–Kier alpha value is -2.92. The van der Waals surface area contributed by atoms with E-state index in [0.717, 1.165) is 28.0 Å². The molecule has 0 bridgehead atoms. The van der Waals surface area contributed by atoms with Gasteiger partial charge in [0.05, 0.1) is 5.69 Å². The van der Waals surface area contributed by atoms with E-state index in [0.29, 0.717) is 0 Å². The molecule has 5 heteroatoms. The van der Waals surface area contributed by atoms with Gasteiger partial charge in [-0.1, -0.05) is 53.7 Å². The summed E-state index contributed by atoms with van der Waals surface area (Å²) in [5.41, 5.74) is 7.13. The second-order valence-corrected chi connectivity index (χ2v) is 7.83. The number of aromatic nitrogens is 4. The molecule has 140 valence electrons. The van der Waals surface area contributed by atoms with E-state index in [2.05, 4.69) is 83.0 Å². The molecule has 4 nitrogen and oxygen atoms in total. The minimum atomic E-state index is 0.811. The molecule has 0 aliphatic heterocycles. The van der Waals surface area contributed by atoms with E-state index in [9.17, 15) is 0 Å². The Bertz CT molecular complexity index is 1100. The van der Waals surface area contributed by atoms with Gasteiger partial charge < -0.3 is 0 Å². The van der Waals surface area contributed by atoms with Crippen molar-refractivity contribution in [2.45, 2.75) is 31.7 Å². The molecule has 0 aliphatic carbocycles. The van der Waals surface area contributed by atoms with Crippen LogP contribution in [0.4, 0.5) is 0 Å². The van der Waals surface area contributed by atoms with E-state index >= 15 is 0 Å². The Morgan fingerprint density at radius 1 is 0.893 bits per heavy atom. The lowest BCUT2D eigenvalue weighted by molar-refractivity contribution is 0.880. The Labute approximate surface area is 169 Å². The molecular formula is C23H22N4S.